The molecule has 3 aromatic carbocycles. The Kier molecular flexibility index (Phi) is 15.7. The minimum Gasteiger partial charge on any atom is -0.489 e. The molecule has 8 amide bonds. The lowest BCUT2D eigenvalue weighted by atomic mass is 9.72. The summed E-state index contributed by atoms with van der Waals surface area (Å²) in [5, 5.41) is 8.43. The van der Waals surface area contributed by atoms with Crippen molar-refractivity contribution in [3.63, 3.8) is 0 Å². The van der Waals surface area contributed by atoms with Crippen molar-refractivity contribution < 1.29 is 47.5 Å². The summed E-state index contributed by atoms with van der Waals surface area (Å²) < 4.78 is 24.3. The molecule has 0 unspecified atom stereocenters. The number of carbonyl (C=O) groups excluding carboxylic acids is 8. The molecule has 5 aromatic rings. The van der Waals surface area contributed by atoms with Gasteiger partial charge in [0.15, 0.2) is 5.82 Å². The normalized spacial score (nSPS) is 24.1. The molecule has 6 aliphatic heterocycles. The number of hydrogen-bond acceptors (Lipinski definition) is 13. The molecule has 20 nitrogen and oxygen atoms in total. The second-order valence-corrected chi connectivity index (χ2v) is 26.4. The third-order valence-electron chi connectivity index (χ3n) is 20.2. The smallest absolute Gasteiger partial charge is 0.266 e. The molecule has 2 saturated carbocycles. The molecule has 88 heavy (non-hydrogen) atoms. The molecule has 8 heterocycles. The number of imide groups is 2. The summed E-state index contributed by atoms with van der Waals surface area (Å²) in [7, 11) is 0. The van der Waals surface area contributed by atoms with E-state index in [0.717, 1.165) is 47.6 Å². The van der Waals surface area contributed by atoms with Crippen molar-refractivity contribution in [1.29, 1.82) is 0 Å². The van der Waals surface area contributed by atoms with Gasteiger partial charge in [-0.2, -0.15) is 0 Å². The largest absolute Gasteiger partial charge is 0.489 e. The van der Waals surface area contributed by atoms with Crippen LogP contribution in [-0.2, 0) is 29.4 Å². The number of pyridine rings is 1. The molecule has 3 N–H and O–H groups in total. The van der Waals surface area contributed by atoms with E-state index in [1.165, 1.54) is 37.5 Å². The maximum absolute atomic E-state index is 16.0. The molecule has 2 aromatic heterocycles. The first kappa shape index (κ1) is 58.9. The number of nitrogens with zero attached hydrogens (tertiary/aromatic N) is 8. The van der Waals surface area contributed by atoms with Crippen molar-refractivity contribution in [3.05, 3.63) is 94.6 Å². The molecule has 13 rings (SSSR count). The zero-order valence-corrected chi connectivity index (χ0v) is 50.9. The lowest BCUT2D eigenvalue weighted by Crippen LogP contribution is -2.58. The number of ether oxygens (including phenoxy) is 1. The number of aryl methyl sites for hydroxylation is 1. The molecule has 0 radical (unpaired) electrons. The highest BCUT2D eigenvalue weighted by molar-refractivity contribution is 6.24. The number of nitrogens with one attached hydrogen (secondary N) is 3. The molecular formula is C67H78FN11O9. The van der Waals surface area contributed by atoms with Crippen molar-refractivity contribution >= 4 is 75.5 Å². The van der Waals surface area contributed by atoms with Gasteiger partial charge in [0.25, 0.3) is 17.7 Å². The number of carbonyl (C=O) groups is 8. The second-order valence-electron chi connectivity index (χ2n) is 26.4. The number of aromatic nitrogens is 3. The third-order valence-corrected chi connectivity index (χ3v) is 20.2. The summed E-state index contributed by atoms with van der Waals surface area (Å²) in [6.45, 7) is 13.5. The second kappa shape index (κ2) is 23.5. The van der Waals surface area contributed by atoms with Gasteiger partial charge in [-0.15, -0.1) is 0 Å². The molecule has 21 heteroatoms. The number of rotatable bonds is 13. The highest BCUT2D eigenvalue weighted by Gasteiger charge is 2.56. The molecule has 462 valence electrons. The Morgan fingerprint density at radius 3 is 2.12 bits per heavy atom. The molecule has 4 saturated heterocycles. The van der Waals surface area contributed by atoms with Gasteiger partial charge in [0.1, 0.15) is 29.2 Å². The fourth-order valence-corrected chi connectivity index (χ4v) is 15.3. The lowest BCUT2D eigenvalue weighted by Gasteiger charge is -2.48. The predicted octanol–water partition coefficient (Wildman–Crippen LogP) is 8.51. The van der Waals surface area contributed by atoms with Crippen molar-refractivity contribution in [3.8, 4) is 17.0 Å². The van der Waals surface area contributed by atoms with E-state index in [0.29, 0.717) is 117 Å². The molecule has 6 fully saturated rings. The van der Waals surface area contributed by atoms with Gasteiger partial charge in [-0.3, -0.25) is 48.6 Å². The predicted molar refractivity (Wildman–Crippen MR) is 326 cm³/mol. The highest BCUT2D eigenvalue weighted by Crippen LogP contribution is 2.53. The summed E-state index contributed by atoms with van der Waals surface area (Å²) in [5.74, 6) is -2.74. The standard InChI is InChI=1S/C67H78FN11O9/c1-37(2)70-60(81)47-34-51(49(68)30-39(47)5)72-59-58-52(69-36-77(58)38(3)4)35-50(71-59)42-16-17-48-54(31-42)78(44-32-43(33-44)74-24-7-6-8-25-74)66(87)67(48)22-28-76(29-23-67)63(84)41-14-12-40(13-15-41)62(83)75-26-20-45(21-27-75)88-55-11-9-10-46-57(55)65(86)79(64(46)85)53-18-19-56(80)73-61(53)82/h9-11,16-17,30-31,34-38,40-41,43-45,53H,6-8,12-15,18-29,32-33H2,1-5H3,(H,70,81)(H,71,72)(H,73,80,82)/t40?,41?,43?,44?,53-/m0/s1. The number of likely N-dealkylation sites (tertiary alicyclic amines) is 3. The Balaban J connectivity index is 0.676. The summed E-state index contributed by atoms with van der Waals surface area (Å²) in [4.78, 5) is 128. The van der Waals surface area contributed by atoms with Crippen LogP contribution >= 0.6 is 0 Å². The molecule has 1 spiro atoms. The number of fused-ring (bicyclic) bond motifs is 4. The first-order chi connectivity index (χ1) is 42.3. The van der Waals surface area contributed by atoms with E-state index in [-0.39, 0.29) is 95.1 Å². The summed E-state index contributed by atoms with van der Waals surface area (Å²) in [6, 6.07) is 15.1. The Morgan fingerprint density at radius 2 is 1.45 bits per heavy atom. The summed E-state index contributed by atoms with van der Waals surface area (Å²) >= 11 is 0. The van der Waals surface area contributed by atoms with Crippen LogP contribution in [0.3, 0.4) is 0 Å². The Hall–Kier alpha value is -8.07. The number of hydrogen-bond donors (Lipinski definition) is 3. The molecule has 0 bridgehead atoms. The van der Waals surface area contributed by atoms with Crippen molar-refractivity contribution in [2.75, 3.05) is 49.5 Å². The summed E-state index contributed by atoms with van der Waals surface area (Å²) in [6.07, 6.45) is 11.3. The van der Waals surface area contributed by atoms with Crippen LogP contribution < -0.4 is 25.6 Å². The monoisotopic (exact) mass is 1200 g/mol. The number of halogens is 1. The minimum atomic E-state index is -1.08. The van der Waals surface area contributed by atoms with E-state index in [1.54, 1.807) is 25.4 Å². The van der Waals surface area contributed by atoms with Gasteiger partial charge < -0.3 is 39.5 Å². The molecule has 8 aliphatic rings. The van der Waals surface area contributed by atoms with Crippen molar-refractivity contribution in [1.82, 2.24) is 44.8 Å². The van der Waals surface area contributed by atoms with Crippen LogP contribution in [0.5, 0.6) is 5.75 Å². The number of benzene rings is 3. The average molecular weight is 1200 g/mol. The van der Waals surface area contributed by atoms with Crippen molar-refractivity contribution in [2.24, 2.45) is 11.8 Å². The van der Waals surface area contributed by atoms with Crippen LogP contribution in [0.2, 0.25) is 0 Å². The molecule has 2 aliphatic carbocycles. The average Bonchev–Trinajstić information content (AvgIpc) is 1.57. The first-order valence-electron chi connectivity index (χ1n) is 31.9. The zero-order valence-electron chi connectivity index (χ0n) is 50.9. The van der Waals surface area contributed by atoms with E-state index < -0.39 is 40.9 Å². The lowest BCUT2D eigenvalue weighted by molar-refractivity contribution is -0.144. The van der Waals surface area contributed by atoms with Gasteiger partial charge >= 0.3 is 0 Å². The third kappa shape index (κ3) is 10.6. The Labute approximate surface area is 511 Å². The fraction of sp³-hybridized carbons (Fsp3) is 0.522. The van der Waals surface area contributed by atoms with Crippen LogP contribution in [0.25, 0.3) is 22.3 Å². The van der Waals surface area contributed by atoms with E-state index in [1.807, 2.05) is 54.2 Å². The van der Waals surface area contributed by atoms with E-state index >= 15 is 9.18 Å². The maximum Gasteiger partial charge on any atom is 0.266 e. The van der Waals surface area contributed by atoms with Crippen LogP contribution in [0, 0.1) is 24.6 Å². The number of imidazole rings is 1. The van der Waals surface area contributed by atoms with Gasteiger partial charge in [0, 0.05) is 98.3 Å². The SMILES string of the molecule is Cc1cc(F)c(Nc2nc(-c3ccc4c(c3)N(C3CC(N5CCCCC5)C3)C(=O)C43CCN(C(=O)C4CCC(C(=O)N5CCC(Oc6cccc7c6C(=O)N([C@H]6CCC(=O)NC6=O)C7=O)CC5)CC4)CC3)cc3ncn(C(C)C)c23)cc1C(=O)NC(C)C. The number of anilines is 3. The number of piperidine rings is 4. The van der Waals surface area contributed by atoms with Crippen LogP contribution in [0.1, 0.15) is 172 Å². The summed E-state index contributed by atoms with van der Waals surface area (Å²) in [5.41, 5.74) is 4.94. The van der Waals surface area contributed by atoms with E-state index in [9.17, 15) is 33.6 Å². The van der Waals surface area contributed by atoms with Crippen molar-refractivity contribution in [2.45, 2.75) is 173 Å². The Bertz CT molecular complexity index is 3680. The topological polar surface area (TPSA) is 229 Å². The Morgan fingerprint density at radius 1 is 0.761 bits per heavy atom. The van der Waals surface area contributed by atoms with Crippen LogP contribution in [0.15, 0.2) is 60.9 Å². The van der Waals surface area contributed by atoms with Gasteiger partial charge in [-0.05, 0) is 166 Å². The number of amides is 8. The maximum atomic E-state index is 16.0. The quantitative estimate of drug-likeness (QED) is 0.0941. The zero-order chi connectivity index (χ0) is 61.4. The highest BCUT2D eigenvalue weighted by atomic mass is 19.1. The van der Waals surface area contributed by atoms with Gasteiger partial charge in [0.05, 0.1) is 39.8 Å². The van der Waals surface area contributed by atoms with E-state index in [2.05, 4.69) is 37.9 Å². The minimum absolute atomic E-state index is 0.0000910. The molecule has 1 atom stereocenters. The van der Waals surface area contributed by atoms with Crippen LogP contribution in [0.4, 0.5) is 21.6 Å². The van der Waals surface area contributed by atoms with Gasteiger partial charge in [0.2, 0.25) is 29.5 Å². The molecular weight excluding hydrogens is 1120 g/mol. The van der Waals surface area contributed by atoms with Crippen LogP contribution in [-0.4, -0.2) is 151 Å². The van der Waals surface area contributed by atoms with Gasteiger partial charge in [-0.25, -0.2) is 14.4 Å². The van der Waals surface area contributed by atoms with E-state index in [4.69, 9.17) is 14.7 Å². The van der Waals surface area contributed by atoms with Gasteiger partial charge in [-0.1, -0.05) is 24.6 Å². The first-order valence-corrected chi connectivity index (χ1v) is 31.9. The fourth-order valence-electron chi connectivity index (χ4n) is 15.3.